The van der Waals surface area contributed by atoms with E-state index in [0.717, 1.165) is 10.0 Å². The fraction of sp³-hybridized carbons (Fsp3) is 0.300. The third-order valence-electron chi connectivity index (χ3n) is 1.90. The minimum absolute atomic E-state index is 0.203. The molecule has 1 aromatic rings. The minimum atomic E-state index is -0.350. The van der Waals surface area contributed by atoms with Crippen molar-refractivity contribution in [3.05, 3.63) is 33.8 Å². The van der Waals surface area contributed by atoms with Gasteiger partial charge in [-0.2, -0.15) is 12.6 Å². The first kappa shape index (κ1) is 12.5. The number of thiol groups is 1. The van der Waals surface area contributed by atoms with Crippen molar-refractivity contribution in [2.24, 2.45) is 5.73 Å². The number of nitrogens with two attached hydrogens (primary N) is 1. The Morgan fingerprint density at radius 2 is 2.33 bits per heavy atom. The quantitative estimate of drug-likeness (QED) is 0.508. The standard InChI is InChI=1S/C10H12BrNO2S/c1-14-10(13)7-3-2-6(5-9(12)15)8(11)4-7/h2-4,9,15H,5,12H2,1H3. The summed E-state index contributed by atoms with van der Waals surface area (Å²) in [4.78, 5) is 11.2. The molecule has 5 heteroatoms. The molecular formula is C10H12BrNO2S. The fourth-order valence-electron chi connectivity index (χ4n) is 1.18. The first-order chi connectivity index (χ1) is 7.04. The van der Waals surface area contributed by atoms with Crippen LogP contribution in [0.4, 0.5) is 0 Å². The lowest BCUT2D eigenvalue weighted by Gasteiger charge is -2.08. The highest BCUT2D eigenvalue weighted by Crippen LogP contribution is 2.20. The lowest BCUT2D eigenvalue weighted by Crippen LogP contribution is -2.15. The van der Waals surface area contributed by atoms with Gasteiger partial charge in [-0.3, -0.25) is 0 Å². The molecule has 1 unspecified atom stereocenters. The molecule has 3 nitrogen and oxygen atoms in total. The Labute approximate surface area is 103 Å². The summed E-state index contributed by atoms with van der Waals surface area (Å²) in [5, 5.41) is -0.203. The van der Waals surface area contributed by atoms with Gasteiger partial charge in [-0.25, -0.2) is 4.79 Å². The highest BCUT2D eigenvalue weighted by atomic mass is 79.9. The summed E-state index contributed by atoms with van der Waals surface area (Å²) in [7, 11) is 1.35. The Balaban J connectivity index is 2.93. The van der Waals surface area contributed by atoms with Crippen molar-refractivity contribution in [1.82, 2.24) is 0 Å². The maximum atomic E-state index is 11.2. The van der Waals surface area contributed by atoms with E-state index in [-0.39, 0.29) is 11.3 Å². The molecule has 0 aliphatic carbocycles. The summed E-state index contributed by atoms with van der Waals surface area (Å²) >= 11 is 7.48. The van der Waals surface area contributed by atoms with E-state index in [0.29, 0.717) is 12.0 Å². The van der Waals surface area contributed by atoms with Crippen molar-refractivity contribution in [3.63, 3.8) is 0 Å². The third kappa shape index (κ3) is 3.52. The number of esters is 1. The van der Waals surface area contributed by atoms with E-state index >= 15 is 0 Å². The normalized spacial score (nSPS) is 12.3. The molecule has 0 spiro atoms. The number of hydrogen-bond acceptors (Lipinski definition) is 4. The second kappa shape index (κ2) is 5.53. The third-order valence-corrected chi connectivity index (χ3v) is 2.82. The van der Waals surface area contributed by atoms with E-state index in [9.17, 15) is 4.79 Å². The molecule has 0 aromatic heterocycles. The van der Waals surface area contributed by atoms with E-state index in [1.54, 1.807) is 12.1 Å². The SMILES string of the molecule is COC(=O)c1ccc(CC(N)S)c(Br)c1. The van der Waals surface area contributed by atoms with Gasteiger partial charge in [0.05, 0.1) is 18.0 Å². The van der Waals surface area contributed by atoms with Crippen molar-refractivity contribution in [2.45, 2.75) is 11.8 Å². The van der Waals surface area contributed by atoms with Gasteiger partial charge in [-0.1, -0.05) is 22.0 Å². The molecule has 0 amide bonds. The first-order valence-corrected chi connectivity index (χ1v) is 5.66. The van der Waals surface area contributed by atoms with Crippen molar-refractivity contribution in [3.8, 4) is 0 Å². The van der Waals surface area contributed by atoms with Crippen LogP contribution in [0, 0.1) is 0 Å². The van der Waals surface area contributed by atoms with Gasteiger partial charge in [0.1, 0.15) is 0 Å². The van der Waals surface area contributed by atoms with Crippen LogP contribution in [-0.4, -0.2) is 18.5 Å². The molecule has 1 atom stereocenters. The van der Waals surface area contributed by atoms with E-state index in [1.807, 2.05) is 6.07 Å². The first-order valence-electron chi connectivity index (χ1n) is 4.35. The van der Waals surface area contributed by atoms with Crippen LogP contribution in [0.3, 0.4) is 0 Å². The molecule has 2 N–H and O–H groups in total. The number of ether oxygens (including phenoxy) is 1. The van der Waals surface area contributed by atoms with Crippen LogP contribution in [0.15, 0.2) is 22.7 Å². The zero-order valence-electron chi connectivity index (χ0n) is 8.24. The van der Waals surface area contributed by atoms with Gasteiger partial charge in [-0.05, 0) is 24.1 Å². The van der Waals surface area contributed by atoms with Crippen LogP contribution < -0.4 is 5.73 Å². The van der Waals surface area contributed by atoms with E-state index in [4.69, 9.17) is 5.73 Å². The predicted molar refractivity (Wildman–Crippen MR) is 66.1 cm³/mol. The van der Waals surface area contributed by atoms with Crippen LogP contribution in [0.25, 0.3) is 0 Å². The van der Waals surface area contributed by atoms with Gasteiger partial charge in [0, 0.05) is 4.47 Å². The largest absolute Gasteiger partial charge is 0.465 e. The van der Waals surface area contributed by atoms with Crippen LogP contribution >= 0.6 is 28.6 Å². The smallest absolute Gasteiger partial charge is 0.337 e. The minimum Gasteiger partial charge on any atom is -0.465 e. The molecule has 82 valence electrons. The van der Waals surface area contributed by atoms with Crippen molar-refractivity contribution < 1.29 is 9.53 Å². The Morgan fingerprint density at radius 3 is 2.80 bits per heavy atom. The summed E-state index contributed by atoms with van der Waals surface area (Å²) in [6.45, 7) is 0. The molecule has 0 aliphatic heterocycles. The summed E-state index contributed by atoms with van der Waals surface area (Å²) in [5.74, 6) is -0.350. The molecule has 0 saturated heterocycles. The second-order valence-corrected chi connectivity index (χ2v) is 4.59. The van der Waals surface area contributed by atoms with E-state index in [1.165, 1.54) is 7.11 Å². The summed E-state index contributed by atoms with van der Waals surface area (Å²) < 4.78 is 5.46. The second-order valence-electron chi connectivity index (χ2n) is 3.07. The highest BCUT2D eigenvalue weighted by molar-refractivity contribution is 9.10. The number of carbonyl (C=O) groups is 1. The Hall–Kier alpha value is -0.520. The maximum Gasteiger partial charge on any atom is 0.337 e. The average Bonchev–Trinajstić information content (AvgIpc) is 2.19. The molecular weight excluding hydrogens is 278 g/mol. The van der Waals surface area contributed by atoms with Crippen molar-refractivity contribution in [2.75, 3.05) is 7.11 Å². The topological polar surface area (TPSA) is 52.3 Å². The van der Waals surface area contributed by atoms with Gasteiger partial charge in [0.2, 0.25) is 0 Å². The molecule has 0 fully saturated rings. The highest BCUT2D eigenvalue weighted by Gasteiger charge is 2.09. The summed E-state index contributed by atoms with van der Waals surface area (Å²) in [5.41, 5.74) is 7.10. The monoisotopic (exact) mass is 289 g/mol. The number of hydrogen-bond donors (Lipinski definition) is 2. The Kier molecular flexibility index (Phi) is 4.63. The molecule has 0 saturated carbocycles. The van der Waals surface area contributed by atoms with Crippen LogP contribution in [0.1, 0.15) is 15.9 Å². The van der Waals surface area contributed by atoms with E-state index in [2.05, 4.69) is 33.3 Å². The lowest BCUT2D eigenvalue weighted by atomic mass is 10.1. The van der Waals surface area contributed by atoms with Crippen molar-refractivity contribution >= 4 is 34.5 Å². The molecule has 1 rings (SSSR count). The Bertz CT molecular complexity index is 368. The summed E-state index contributed by atoms with van der Waals surface area (Å²) in [6, 6.07) is 5.27. The number of halogens is 1. The lowest BCUT2D eigenvalue weighted by molar-refractivity contribution is 0.0600. The molecule has 15 heavy (non-hydrogen) atoms. The van der Waals surface area contributed by atoms with Gasteiger partial charge < -0.3 is 10.5 Å². The van der Waals surface area contributed by atoms with Crippen molar-refractivity contribution in [1.29, 1.82) is 0 Å². The molecule has 0 radical (unpaired) electrons. The van der Waals surface area contributed by atoms with Gasteiger partial charge in [-0.15, -0.1) is 0 Å². The summed E-state index contributed by atoms with van der Waals surface area (Å²) in [6.07, 6.45) is 0.644. The number of carbonyl (C=O) groups excluding carboxylic acids is 1. The molecule has 0 aliphatic rings. The van der Waals surface area contributed by atoms with Crippen LogP contribution in [-0.2, 0) is 11.2 Å². The maximum absolute atomic E-state index is 11.2. The van der Waals surface area contributed by atoms with Gasteiger partial charge >= 0.3 is 5.97 Å². The van der Waals surface area contributed by atoms with Gasteiger partial charge in [0.15, 0.2) is 0 Å². The zero-order valence-corrected chi connectivity index (χ0v) is 10.7. The fourth-order valence-corrected chi connectivity index (χ4v) is 1.92. The number of benzene rings is 1. The van der Waals surface area contributed by atoms with Crippen LogP contribution in [0.2, 0.25) is 0 Å². The average molecular weight is 290 g/mol. The zero-order chi connectivity index (χ0) is 11.4. The molecule has 1 aromatic carbocycles. The van der Waals surface area contributed by atoms with E-state index < -0.39 is 0 Å². The molecule has 0 bridgehead atoms. The van der Waals surface area contributed by atoms with Crippen LogP contribution in [0.5, 0.6) is 0 Å². The number of rotatable bonds is 3. The molecule has 0 heterocycles. The van der Waals surface area contributed by atoms with Gasteiger partial charge in [0.25, 0.3) is 0 Å². The predicted octanol–water partition coefficient (Wildman–Crippen LogP) is 1.99. The number of methoxy groups -OCH3 is 1. The Morgan fingerprint density at radius 1 is 1.67 bits per heavy atom.